The van der Waals surface area contributed by atoms with Gasteiger partial charge in [0.15, 0.2) is 0 Å². The molecule has 0 radical (unpaired) electrons. The van der Waals surface area contributed by atoms with E-state index in [0.717, 1.165) is 25.9 Å². The zero-order chi connectivity index (χ0) is 26.5. The van der Waals surface area contributed by atoms with Crippen molar-refractivity contribution in [2.45, 2.75) is 65.7 Å². The Hall–Kier alpha value is -3.46. The van der Waals surface area contributed by atoms with Crippen LogP contribution in [0.5, 0.6) is 0 Å². The number of rotatable bonds is 10. The highest BCUT2D eigenvalue weighted by atomic mass is 14.9. The predicted molar refractivity (Wildman–Crippen MR) is 166 cm³/mol. The van der Waals surface area contributed by atoms with Gasteiger partial charge in [-0.25, -0.2) is 0 Å². The fourth-order valence-electron chi connectivity index (χ4n) is 5.26. The summed E-state index contributed by atoms with van der Waals surface area (Å²) < 4.78 is 0. The van der Waals surface area contributed by atoms with E-state index in [9.17, 15) is 0 Å². The second kappa shape index (κ2) is 11.9. The lowest BCUT2D eigenvalue weighted by Crippen LogP contribution is -2.26. The van der Waals surface area contributed by atoms with Crippen molar-refractivity contribution < 1.29 is 0 Å². The Kier molecular flexibility index (Phi) is 8.22. The molecule has 0 aromatic heterocycles. The first kappa shape index (κ1) is 26.2. The van der Waals surface area contributed by atoms with Crippen LogP contribution in [0.2, 0.25) is 0 Å². The molecule has 5 rings (SSSR count). The monoisotopic (exact) mass is 500 g/mol. The number of fused-ring (bicyclic) bond motifs is 2. The van der Waals surface area contributed by atoms with Gasteiger partial charge in [0.05, 0.1) is 0 Å². The summed E-state index contributed by atoms with van der Waals surface area (Å²) in [5.41, 5.74) is 7.94. The van der Waals surface area contributed by atoms with Crippen molar-refractivity contribution in [2.75, 3.05) is 0 Å². The molecule has 5 aromatic carbocycles. The first-order chi connectivity index (χ1) is 18.6. The van der Waals surface area contributed by atoms with E-state index in [2.05, 4.69) is 135 Å². The Balaban J connectivity index is 1.75. The highest BCUT2D eigenvalue weighted by Gasteiger charge is 2.17. The molecule has 194 valence electrons. The maximum Gasteiger partial charge on any atom is 0.0214 e. The number of nitrogens with one attached hydrogen (secondary N) is 2. The molecule has 0 saturated carbocycles. The van der Waals surface area contributed by atoms with Gasteiger partial charge in [0.2, 0.25) is 0 Å². The Bertz CT molecular complexity index is 1410. The number of hydrogen-bond acceptors (Lipinski definition) is 2. The molecule has 5 aromatic rings. The summed E-state index contributed by atoms with van der Waals surface area (Å²) in [5, 5.41) is 12.7. The lowest BCUT2D eigenvalue weighted by molar-refractivity contribution is 0.532. The number of hydrogen-bond donors (Lipinski definition) is 2. The van der Waals surface area contributed by atoms with Crippen molar-refractivity contribution in [3.63, 3.8) is 0 Å². The Labute approximate surface area is 228 Å². The van der Waals surface area contributed by atoms with Crippen LogP contribution in [-0.2, 0) is 13.1 Å². The molecule has 2 N–H and O–H groups in total. The molecule has 0 aliphatic carbocycles. The first-order valence-electron chi connectivity index (χ1n) is 14.2. The fourth-order valence-corrected chi connectivity index (χ4v) is 5.26. The smallest absolute Gasteiger partial charge is 0.0214 e. The van der Waals surface area contributed by atoms with Gasteiger partial charge in [0.25, 0.3) is 0 Å². The third-order valence-electron chi connectivity index (χ3n) is 8.00. The molecule has 0 heterocycles. The van der Waals surface area contributed by atoms with E-state index in [1.165, 1.54) is 54.9 Å². The van der Waals surface area contributed by atoms with Crippen LogP contribution in [-0.4, -0.2) is 12.1 Å². The summed E-state index contributed by atoms with van der Waals surface area (Å²) in [5.74, 6) is 0. The third kappa shape index (κ3) is 5.53. The molecular weight excluding hydrogens is 460 g/mol. The minimum Gasteiger partial charge on any atom is -0.310 e. The summed E-state index contributed by atoms with van der Waals surface area (Å²) in [4.78, 5) is 0. The van der Waals surface area contributed by atoms with E-state index in [1.54, 1.807) is 0 Å². The highest BCUT2D eigenvalue weighted by molar-refractivity contribution is 6.00. The topological polar surface area (TPSA) is 24.1 Å². The van der Waals surface area contributed by atoms with Gasteiger partial charge in [-0.2, -0.15) is 0 Å². The minimum atomic E-state index is 0.461. The van der Waals surface area contributed by atoms with Crippen molar-refractivity contribution in [2.24, 2.45) is 0 Å². The van der Waals surface area contributed by atoms with Crippen LogP contribution < -0.4 is 10.6 Å². The molecule has 0 unspecified atom stereocenters. The van der Waals surface area contributed by atoms with Crippen LogP contribution in [0.3, 0.4) is 0 Å². The molecule has 0 saturated heterocycles. The SMILES string of the molecule is CC[C@H](C)NCc1cc(-c2cccc3ccccc23)c(CN[C@@H](C)CC)cc1-c1cccc2ccccc12. The molecule has 2 heteroatoms. The fraction of sp³-hybridized carbons (Fsp3) is 0.278. The molecule has 2 nitrogen and oxygen atoms in total. The van der Waals surface area contributed by atoms with Crippen LogP contribution in [0.25, 0.3) is 43.8 Å². The molecule has 0 aliphatic rings. The average molecular weight is 501 g/mol. The molecule has 2 atom stereocenters. The van der Waals surface area contributed by atoms with E-state index in [1.807, 2.05) is 0 Å². The van der Waals surface area contributed by atoms with Gasteiger partial charge in [0.1, 0.15) is 0 Å². The van der Waals surface area contributed by atoms with Crippen molar-refractivity contribution in [3.05, 3.63) is 108 Å². The van der Waals surface area contributed by atoms with Gasteiger partial charge < -0.3 is 10.6 Å². The lowest BCUT2D eigenvalue weighted by Gasteiger charge is -2.22. The van der Waals surface area contributed by atoms with Crippen molar-refractivity contribution >= 4 is 21.5 Å². The van der Waals surface area contributed by atoms with Gasteiger partial charge in [0, 0.05) is 25.2 Å². The Morgan fingerprint density at radius 2 is 0.895 bits per heavy atom. The largest absolute Gasteiger partial charge is 0.310 e. The standard InChI is InChI=1S/C36H40N2/c1-5-25(3)37-23-29-21-36(34-20-12-16-28-14-8-10-18-32(28)34)30(24-38-26(4)6-2)22-35(29)33-19-11-15-27-13-7-9-17-31(27)33/h7-22,25-26,37-38H,5-6,23-24H2,1-4H3/t25-,26-/m0/s1. The van der Waals surface area contributed by atoms with Crippen molar-refractivity contribution in [1.82, 2.24) is 10.6 Å². The average Bonchev–Trinajstić information content (AvgIpc) is 2.97. The summed E-state index contributed by atoms with van der Waals surface area (Å²) >= 11 is 0. The summed E-state index contributed by atoms with van der Waals surface area (Å²) in [7, 11) is 0. The van der Waals surface area contributed by atoms with Crippen LogP contribution in [0.15, 0.2) is 97.1 Å². The molecule has 0 bridgehead atoms. The molecule has 0 amide bonds. The zero-order valence-corrected chi connectivity index (χ0v) is 23.2. The quantitative estimate of drug-likeness (QED) is 0.200. The van der Waals surface area contributed by atoms with Gasteiger partial charge in [-0.05, 0) is 93.7 Å². The summed E-state index contributed by atoms with van der Waals surface area (Å²) in [6, 6.07) is 36.7. The molecule has 0 spiro atoms. The Morgan fingerprint density at radius 1 is 0.500 bits per heavy atom. The maximum atomic E-state index is 3.79. The van der Waals surface area contributed by atoms with E-state index in [0.29, 0.717) is 12.1 Å². The van der Waals surface area contributed by atoms with Crippen LogP contribution in [0.1, 0.15) is 51.7 Å². The first-order valence-corrected chi connectivity index (χ1v) is 14.2. The number of benzene rings is 5. The third-order valence-corrected chi connectivity index (χ3v) is 8.00. The molecule has 0 aliphatic heterocycles. The van der Waals surface area contributed by atoms with Gasteiger partial charge in [-0.3, -0.25) is 0 Å². The van der Waals surface area contributed by atoms with Gasteiger partial charge in [-0.1, -0.05) is 98.8 Å². The van der Waals surface area contributed by atoms with Crippen LogP contribution in [0, 0.1) is 0 Å². The molecular formula is C36H40N2. The normalized spacial score (nSPS) is 13.2. The summed E-state index contributed by atoms with van der Waals surface area (Å²) in [6.07, 6.45) is 2.22. The van der Waals surface area contributed by atoms with Crippen LogP contribution >= 0.6 is 0 Å². The minimum absolute atomic E-state index is 0.461. The lowest BCUT2D eigenvalue weighted by atomic mass is 9.87. The van der Waals surface area contributed by atoms with E-state index >= 15 is 0 Å². The van der Waals surface area contributed by atoms with E-state index in [-0.39, 0.29) is 0 Å². The Morgan fingerprint density at radius 3 is 1.32 bits per heavy atom. The second-order valence-electron chi connectivity index (χ2n) is 10.6. The highest BCUT2D eigenvalue weighted by Crippen LogP contribution is 2.38. The zero-order valence-electron chi connectivity index (χ0n) is 23.2. The predicted octanol–water partition coefficient (Wildman–Crippen LogP) is 9.10. The van der Waals surface area contributed by atoms with Crippen LogP contribution in [0.4, 0.5) is 0 Å². The van der Waals surface area contributed by atoms with E-state index in [4.69, 9.17) is 0 Å². The second-order valence-corrected chi connectivity index (χ2v) is 10.6. The van der Waals surface area contributed by atoms with Gasteiger partial charge >= 0.3 is 0 Å². The van der Waals surface area contributed by atoms with E-state index < -0.39 is 0 Å². The van der Waals surface area contributed by atoms with Crippen molar-refractivity contribution in [1.29, 1.82) is 0 Å². The molecule has 0 fully saturated rings. The maximum absolute atomic E-state index is 3.79. The summed E-state index contributed by atoms with van der Waals surface area (Å²) in [6.45, 7) is 10.7. The van der Waals surface area contributed by atoms with Crippen molar-refractivity contribution in [3.8, 4) is 22.3 Å². The molecule has 38 heavy (non-hydrogen) atoms. The van der Waals surface area contributed by atoms with Gasteiger partial charge in [-0.15, -0.1) is 0 Å².